The third kappa shape index (κ3) is 6.07. The number of hydrogen-bond donors (Lipinski definition) is 2. The number of likely N-dealkylation sites (tertiary alicyclic amines) is 1. The van der Waals surface area contributed by atoms with E-state index >= 15 is 0 Å². The molecule has 2 N–H and O–H groups in total. The molecule has 30 heavy (non-hydrogen) atoms. The number of rotatable bonds is 7. The molecular weight excluding hydrogens is 507 g/mol. The van der Waals surface area contributed by atoms with Crippen LogP contribution in [0.5, 0.6) is 0 Å². The fraction of sp³-hybridized carbons (Fsp3) is 0.545. The summed E-state index contributed by atoms with van der Waals surface area (Å²) < 4.78 is 0. The third-order valence-electron chi connectivity index (χ3n) is 5.84. The largest absolute Gasteiger partial charge is 0.357 e. The van der Waals surface area contributed by atoms with Gasteiger partial charge in [0.2, 0.25) is 0 Å². The Morgan fingerprint density at radius 2 is 1.90 bits per heavy atom. The molecule has 2 aromatic rings. The summed E-state index contributed by atoms with van der Waals surface area (Å²) in [6, 6.07) is 9.10. The molecule has 4 heterocycles. The highest BCUT2D eigenvalue weighted by molar-refractivity contribution is 14.0. The Kier molecular flexibility index (Phi) is 9.20. The van der Waals surface area contributed by atoms with Crippen LogP contribution in [-0.2, 0) is 6.54 Å². The predicted molar refractivity (Wildman–Crippen MR) is 137 cm³/mol. The van der Waals surface area contributed by atoms with E-state index in [-0.39, 0.29) is 24.0 Å². The number of aromatic nitrogens is 1. The average molecular weight is 541 g/mol. The zero-order chi connectivity index (χ0) is 19.9. The summed E-state index contributed by atoms with van der Waals surface area (Å²) in [5.74, 6) is 1.95. The molecule has 4 rings (SSSR count). The van der Waals surface area contributed by atoms with Gasteiger partial charge in [-0.1, -0.05) is 6.07 Å². The molecule has 0 radical (unpaired) electrons. The van der Waals surface area contributed by atoms with E-state index in [2.05, 4.69) is 60.1 Å². The van der Waals surface area contributed by atoms with Gasteiger partial charge >= 0.3 is 0 Å². The number of aliphatic imine (C=N–C) groups is 1. The van der Waals surface area contributed by atoms with E-state index < -0.39 is 0 Å². The molecule has 0 bridgehead atoms. The molecule has 2 aliphatic rings. The lowest BCUT2D eigenvalue weighted by Crippen LogP contribution is -2.42. The standard InChI is InChI=1S/C22H32N6S.HI/c1-23-22(25-16-18-8-9-24-21(15-18)28-12-4-5-13-28)26-17-19(20-7-6-14-29-20)27-10-2-3-11-27;/h6-9,14-15,19H,2-5,10-13,16-17H2,1H3,(H2,23,25,26);1H. The molecule has 2 aliphatic heterocycles. The first kappa shape index (κ1) is 23.3. The van der Waals surface area contributed by atoms with Crippen molar-refractivity contribution in [2.45, 2.75) is 38.3 Å². The smallest absolute Gasteiger partial charge is 0.191 e. The van der Waals surface area contributed by atoms with Crippen molar-refractivity contribution in [3.05, 3.63) is 46.3 Å². The minimum Gasteiger partial charge on any atom is -0.357 e. The van der Waals surface area contributed by atoms with Gasteiger partial charge in [-0.3, -0.25) is 9.89 Å². The Hall–Kier alpha value is -1.39. The highest BCUT2D eigenvalue weighted by atomic mass is 127. The van der Waals surface area contributed by atoms with Gasteiger partial charge in [-0.2, -0.15) is 0 Å². The molecule has 2 aromatic heterocycles. The normalized spacial score (nSPS) is 18.3. The van der Waals surface area contributed by atoms with Gasteiger partial charge in [-0.25, -0.2) is 4.98 Å². The van der Waals surface area contributed by atoms with Crippen LogP contribution in [0, 0.1) is 0 Å². The van der Waals surface area contributed by atoms with E-state index in [0.717, 1.165) is 38.0 Å². The molecule has 6 nitrogen and oxygen atoms in total. The van der Waals surface area contributed by atoms with Gasteiger partial charge in [0.1, 0.15) is 5.82 Å². The molecule has 0 saturated carbocycles. The second-order valence-electron chi connectivity index (χ2n) is 7.80. The van der Waals surface area contributed by atoms with Crippen LogP contribution in [0.3, 0.4) is 0 Å². The van der Waals surface area contributed by atoms with Crippen LogP contribution in [0.15, 0.2) is 40.8 Å². The monoisotopic (exact) mass is 540 g/mol. The van der Waals surface area contributed by atoms with Crippen molar-refractivity contribution >= 4 is 47.1 Å². The van der Waals surface area contributed by atoms with Crippen LogP contribution in [0.4, 0.5) is 5.82 Å². The van der Waals surface area contributed by atoms with Gasteiger partial charge in [0.15, 0.2) is 5.96 Å². The Labute approximate surface area is 201 Å². The van der Waals surface area contributed by atoms with E-state index in [9.17, 15) is 0 Å². The summed E-state index contributed by atoms with van der Waals surface area (Å²) in [6.07, 6.45) is 7.06. The summed E-state index contributed by atoms with van der Waals surface area (Å²) >= 11 is 1.85. The minimum absolute atomic E-state index is 0. The average Bonchev–Trinajstić information content (AvgIpc) is 3.54. The molecule has 8 heteroatoms. The highest BCUT2D eigenvalue weighted by Crippen LogP contribution is 2.27. The molecule has 1 unspecified atom stereocenters. The number of halogens is 1. The number of thiophene rings is 1. The topological polar surface area (TPSA) is 55.8 Å². The number of anilines is 1. The van der Waals surface area contributed by atoms with Crippen LogP contribution in [0.1, 0.15) is 42.2 Å². The third-order valence-corrected chi connectivity index (χ3v) is 6.81. The van der Waals surface area contributed by atoms with E-state index in [1.807, 2.05) is 24.6 Å². The van der Waals surface area contributed by atoms with E-state index in [4.69, 9.17) is 0 Å². The fourth-order valence-corrected chi connectivity index (χ4v) is 5.09. The van der Waals surface area contributed by atoms with Crippen LogP contribution in [-0.4, -0.2) is 55.6 Å². The van der Waals surface area contributed by atoms with E-state index in [1.54, 1.807) is 0 Å². The van der Waals surface area contributed by atoms with Gasteiger partial charge in [0.05, 0.1) is 6.04 Å². The highest BCUT2D eigenvalue weighted by Gasteiger charge is 2.24. The van der Waals surface area contributed by atoms with Crippen LogP contribution >= 0.6 is 35.3 Å². The maximum atomic E-state index is 4.55. The fourth-order valence-electron chi connectivity index (χ4n) is 4.23. The summed E-state index contributed by atoms with van der Waals surface area (Å²) in [4.78, 5) is 15.4. The summed E-state index contributed by atoms with van der Waals surface area (Å²) in [7, 11) is 1.84. The molecule has 2 saturated heterocycles. The van der Waals surface area contributed by atoms with Gasteiger partial charge in [-0.05, 0) is 67.9 Å². The quantitative estimate of drug-likeness (QED) is 0.318. The maximum absolute atomic E-state index is 4.55. The first-order valence-electron chi connectivity index (χ1n) is 10.8. The molecule has 0 aromatic carbocycles. The van der Waals surface area contributed by atoms with E-state index in [0.29, 0.717) is 6.04 Å². The molecule has 1 atom stereocenters. The Bertz CT molecular complexity index is 785. The SMILES string of the molecule is CN=C(NCc1ccnc(N2CCCC2)c1)NCC(c1cccs1)N1CCCC1.I. The van der Waals surface area contributed by atoms with Gasteiger partial charge in [-0.15, -0.1) is 35.3 Å². The summed E-state index contributed by atoms with van der Waals surface area (Å²) in [5.41, 5.74) is 1.24. The Morgan fingerprint density at radius 1 is 1.13 bits per heavy atom. The van der Waals surface area contributed by atoms with Crippen molar-refractivity contribution in [2.75, 3.05) is 44.7 Å². The van der Waals surface area contributed by atoms with Crippen molar-refractivity contribution in [1.29, 1.82) is 0 Å². The van der Waals surface area contributed by atoms with Crippen molar-refractivity contribution in [1.82, 2.24) is 20.5 Å². The lowest BCUT2D eigenvalue weighted by atomic mass is 10.2. The number of guanidine groups is 1. The molecule has 0 spiro atoms. The first-order valence-corrected chi connectivity index (χ1v) is 11.6. The van der Waals surface area contributed by atoms with Crippen molar-refractivity contribution < 1.29 is 0 Å². The first-order chi connectivity index (χ1) is 14.3. The number of nitrogens with one attached hydrogen (secondary N) is 2. The van der Waals surface area contributed by atoms with Gasteiger partial charge in [0.25, 0.3) is 0 Å². The second kappa shape index (κ2) is 11.9. The summed E-state index contributed by atoms with van der Waals surface area (Å²) in [5, 5.41) is 9.20. The lowest BCUT2D eigenvalue weighted by molar-refractivity contribution is 0.249. The van der Waals surface area contributed by atoms with Gasteiger partial charge < -0.3 is 15.5 Å². The van der Waals surface area contributed by atoms with Crippen molar-refractivity contribution in [2.24, 2.45) is 4.99 Å². The van der Waals surface area contributed by atoms with Crippen LogP contribution < -0.4 is 15.5 Å². The van der Waals surface area contributed by atoms with Crippen LogP contribution in [0.25, 0.3) is 0 Å². The van der Waals surface area contributed by atoms with Crippen LogP contribution in [0.2, 0.25) is 0 Å². The Balaban J connectivity index is 0.00000256. The Morgan fingerprint density at radius 3 is 2.60 bits per heavy atom. The predicted octanol–water partition coefficient (Wildman–Crippen LogP) is 3.86. The lowest BCUT2D eigenvalue weighted by Gasteiger charge is -2.27. The maximum Gasteiger partial charge on any atom is 0.191 e. The van der Waals surface area contributed by atoms with Gasteiger partial charge in [0, 0.05) is 44.3 Å². The number of hydrogen-bond acceptors (Lipinski definition) is 5. The second-order valence-corrected chi connectivity index (χ2v) is 8.78. The van der Waals surface area contributed by atoms with Crippen molar-refractivity contribution in [3.63, 3.8) is 0 Å². The minimum atomic E-state index is 0. The van der Waals surface area contributed by atoms with Crippen molar-refractivity contribution in [3.8, 4) is 0 Å². The molecule has 164 valence electrons. The number of pyridine rings is 1. The molecule has 2 fully saturated rings. The molecule has 0 aliphatic carbocycles. The molecule has 0 amide bonds. The summed E-state index contributed by atoms with van der Waals surface area (Å²) in [6.45, 7) is 6.23. The zero-order valence-corrected chi connectivity index (χ0v) is 20.9. The number of nitrogens with zero attached hydrogens (tertiary/aromatic N) is 4. The zero-order valence-electron chi connectivity index (χ0n) is 17.7. The molecular formula is C22H33IN6S. The van der Waals surface area contributed by atoms with E-state index in [1.165, 1.54) is 49.2 Å².